The number of amides is 1. The van der Waals surface area contributed by atoms with Crippen LogP contribution in [0, 0.1) is 6.92 Å². The molecule has 0 atom stereocenters. The molecule has 1 saturated heterocycles. The topological polar surface area (TPSA) is 90.4 Å². The van der Waals surface area contributed by atoms with E-state index < -0.39 is 11.0 Å². The number of benzene rings is 2. The third-order valence-corrected chi connectivity index (χ3v) is 8.52. The fourth-order valence-corrected chi connectivity index (χ4v) is 6.41. The Hall–Kier alpha value is -3.00. The maximum atomic E-state index is 12.5. The molecule has 0 saturated carbocycles. The first-order valence-electron chi connectivity index (χ1n) is 14.2. The molecule has 8 heteroatoms. The Morgan fingerprint density at radius 2 is 1.93 bits per heavy atom. The van der Waals surface area contributed by atoms with Crippen LogP contribution in [0.5, 0.6) is 0 Å². The van der Waals surface area contributed by atoms with Gasteiger partial charge in [0, 0.05) is 17.9 Å². The van der Waals surface area contributed by atoms with E-state index in [0.717, 1.165) is 60.5 Å². The number of carbonyl (C=O) groups is 1. The third kappa shape index (κ3) is 6.17. The number of piperidine rings is 1. The molecule has 3 aromatic rings. The van der Waals surface area contributed by atoms with Crippen molar-refractivity contribution < 1.29 is 9.90 Å². The second-order valence-electron chi connectivity index (χ2n) is 12.5. The van der Waals surface area contributed by atoms with Gasteiger partial charge in [0.2, 0.25) is 11.9 Å². The summed E-state index contributed by atoms with van der Waals surface area (Å²) in [6.45, 7) is 12.6. The molecule has 0 bridgehead atoms. The van der Waals surface area contributed by atoms with Crippen molar-refractivity contribution >= 4 is 34.8 Å². The molecule has 0 spiro atoms. The van der Waals surface area contributed by atoms with E-state index in [1.807, 2.05) is 39.8 Å². The lowest BCUT2D eigenvalue weighted by atomic mass is 9.82. The molecule has 1 aromatic heterocycles. The van der Waals surface area contributed by atoms with Crippen LogP contribution in [0.2, 0.25) is 5.02 Å². The number of likely N-dealkylation sites (tertiary alicyclic amines) is 1. The van der Waals surface area contributed by atoms with Gasteiger partial charge in [0.1, 0.15) is 0 Å². The van der Waals surface area contributed by atoms with Crippen molar-refractivity contribution in [2.24, 2.45) is 0 Å². The minimum Gasteiger partial charge on any atom is -0.389 e. The van der Waals surface area contributed by atoms with Gasteiger partial charge in [0.05, 0.1) is 27.9 Å². The molecule has 1 fully saturated rings. The van der Waals surface area contributed by atoms with Crippen LogP contribution < -0.4 is 10.6 Å². The molecule has 0 radical (unpaired) electrons. The molecule has 2 aliphatic heterocycles. The Morgan fingerprint density at radius 3 is 2.62 bits per heavy atom. The number of rotatable bonds is 8. The molecule has 3 N–H and O–H groups in total. The highest BCUT2D eigenvalue weighted by Crippen LogP contribution is 2.40. The van der Waals surface area contributed by atoms with Gasteiger partial charge in [-0.15, -0.1) is 0 Å². The first kappa shape index (κ1) is 28.5. The van der Waals surface area contributed by atoms with Crippen molar-refractivity contribution in [2.75, 3.05) is 30.3 Å². The normalized spacial score (nSPS) is 17.5. The number of carbonyl (C=O) groups excluding carboxylic acids is 1. The SMILES string of the molecule is Cc1cc(Nc2ncc(Cl)c(CCc3cccc4c3C(C)(C)C(=O)N4)n2)ccc1C1CCN(CC(C)(C)O)CC1. The van der Waals surface area contributed by atoms with E-state index in [4.69, 9.17) is 16.6 Å². The third-order valence-electron chi connectivity index (χ3n) is 8.20. The van der Waals surface area contributed by atoms with Crippen molar-refractivity contribution in [3.05, 3.63) is 75.6 Å². The van der Waals surface area contributed by atoms with Crippen LogP contribution in [0.1, 0.15) is 74.4 Å². The second-order valence-corrected chi connectivity index (χ2v) is 12.9. The minimum absolute atomic E-state index is 0.0269. The zero-order valence-electron chi connectivity index (χ0n) is 24.1. The monoisotopic (exact) mass is 561 g/mol. The van der Waals surface area contributed by atoms with Gasteiger partial charge in [-0.2, -0.15) is 0 Å². The Morgan fingerprint density at radius 1 is 1.18 bits per heavy atom. The average Bonchev–Trinajstić information content (AvgIpc) is 3.12. The number of aliphatic hydroxyl groups is 1. The standard InChI is InChI=1S/C32H40ClN5O2/c1-20-17-23(10-11-24(20)21-13-15-38(16-14-21)19-31(2,3)40)35-30-34-18-25(33)26(37-30)12-9-22-7-6-8-27-28(22)32(4,5)29(39)36-27/h6-8,10-11,17-18,21,40H,9,12-16,19H2,1-5H3,(H,36,39)(H,34,35,37). The zero-order chi connectivity index (χ0) is 28.7. The molecule has 3 heterocycles. The quantitative estimate of drug-likeness (QED) is 0.306. The first-order valence-corrected chi connectivity index (χ1v) is 14.6. The van der Waals surface area contributed by atoms with E-state index in [1.165, 1.54) is 11.1 Å². The Labute approximate surface area is 242 Å². The largest absolute Gasteiger partial charge is 0.389 e. The summed E-state index contributed by atoms with van der Waals surface area (Å²) in [6.07, 6.45) is 5.21. The van der Waals surface area contributed by atoms with Gasteiger partial charge < -0.3 is 20.6 Å². The predicted octanol–water partition coefficient (Wildman–Crippen LogP) is 6.15. The molecule has 5 rings (SSSR count). The summed E-state index contributed by atoms with van der Waals surface area (Å²) in [5.41, 5.74) is 6.22. The molecule has 40 heavy (non-hydrogen) atoms. The van der Waals surface area contributed by atoms with E-state index >= 15 is 0 Å². The van der Waals surface area contributed by atoms with Crippen molar-refractivity contribution in [1.29, 1.82) is 0 Å². The van der Waals surface area contributed by atoms with Crippen LogP contribution in [0.4, 0.5) is 17.3 Å². The van der Waals surface area contributed by atoms with Gasteiger partial charge in [-0.3, -0.25) is 4.79 Å². The van der Waals surface area contributed by atoms with Crippen molar-refractivity contribution in [3.8, 4) is 0 Å². The molecular weight excluding hydrogens is 522 g/mol. The van der Waals surface area contributed by atoms with Gasteiger partial charge in [0.15, 0.2) is 0 Å². The van der Waals surface area contributed by atoms with Crippen LogP contribution in [0.25, 0.3) is 0 Å². The smallest absolute Gasteiger partial charge is 0.234 e. The molecule has 2 aliphatic rings. The van der Waals surface area contributed by atoms with Crippen LogP contribution in [0.3, 0.4) is 0 Å². The molecule has 0 aliphatic carbocycles. The maximum Gasteiger partial charge on any atom is 0.234 e. The lowest BCUT2D eigenvalue weighted by Gasteiger charge is -2.36. The molecule has 0 unspecified atom stereocenters. The van der Waals surface area contributed by atoms with E-state index in [1.54, 1.807) is 6.20 Å². The highest BCUT2D eigenvalue weighted by molar-refractivity contribution is 6.31. The summed E-state index contributed by atoms with van der Waals surface area (Å²) in [5, 5.41) is 17.0. The number of nitrogens with one attached hydrogen (secondary N) is 2. The number of β-amino-alcohol motifs (C(OH)–C–C–N with tert-alkyl or cyclic N) is 1. The maximum absolute atomic E-state index is 12.5. The van der Waals surface area contributed by atoms with Gasteiger partial charge in [-0.1, -0.05) is 29.8 Å². The van der Waals surface area contributed by atoms with E-state index in [-0.39, 0.29) is 5.91 Å². The number of hydrogen-bond acceptors (Lipinski definition) is 6. The molecular formula is C32H40ClN5O2. The summed E-state index contributed by atoms with van der Waals surface area (Å²) in [6, 6.07) is 12.5. The van der Waals surface area contributed by atoms with E-state index in [9.17, 15) is 9.90 Å². The Kier molecular flexibility index (Phi) is 7.92. The Balaban J connectivity index is 1.24. The number of hydrogen-bond donors (Lipinski definition) is 3. The van der Waals surface area contributed by atoms with Crippen molar-refractivity contribution in [2.45, 2.75) is 77.2 Å². The van der Waals surface area contributed by atoms with Gasteiger partial charge in [0.25, 0.3) is 0 Å². The van der Waals surface area contributed by atoms with Crippen LogP contribution in [-0.2, 0) is 23.1 Å². The average molecular weight is 562 g/mol. The summed E-state index contributed by atoms with van der Waals surface area (Å²) >= 11 is 6.50. The number of aromatic nitrogens is 2. The van der Waals surface area contributed by atoms with Gasteiger partial charge in [-0.25, -0.2) is 9.97 Å². The van der Waals surface area contributed by atoms with Crippen LogP contribution in [0.15, 0.2) is 42.6 Å². The number of nitrogens with zero attached hydrogens (tertiary/aromatic N) is 3. The zero-order valence-corrected chi connectivity index (χ0v) is 24.9. The predicted molar refractivity (Wildman–Crippen MR) is 162 cm³/mol. The van der Waals surface area contributed by atoms with E-state index in [2.05, 4.69) is 51.7 Å². The molecule has 212 valence electrons. The molecule has 2 aromatic carbocycles. The summed E-state index contributed by atoms with van der Waals surface area (Å²) in [7, 11) is 0. The molecule has 7 nitrogen and oxygen atoms in total. The summed E-state index contributed by atoms with van der Waals surface area (Å²) in [5.74, 6) is 1.07. The number of halogens is 1. The van der Waals surface area contributed by atoms with Crippen molar-refractivity contribution in [1.82, 2.24) is 14.9 Å². The number of fused-ring (bicyclic) bond motifs is 1. The highest BCUT2D eigenvalue weighted by Gasteiger charge is 2.39. The Bertz CT molecular complexity index is 1410. The minimum atomic E-state index is -0.657. The fourth-order valence-electron chi connectivity index (χ4n) is 6.22. The number of anilines is 3. The summed E-state index contributed by atoms with van der Waals surface area (Å²) in [4.78, 5) is 24.0. The summed E-state index contributed by atoms with van der Waals surface area (Å²) < 4.78 is 0. The highest BCUT2D eigenvalue weighted by atomic mass is 35.5. The lowest BCUT2D eigenvalue weighted by Crippen LogP contribution is -2.42. The first-order chi connectivity index (χ1) is 18.9. The van der Waals surface area contributed by atoms with Gasteiger partial charge >= 0.3 is 0 Å². The van der Waals surface area contributed by atoms with Crippen molar-refractivity contribution in [3.63, 3.8) is 0 Å². The van der Waals surface area contributed by atoms with E-state index in [0.29, 0.717) is 29.9 Å². The number of aryl methyl sites for hydroxylation is 3. The lowest BCUT2D eigenvalue weighted by molar-refractivity contribution is -0.119. The second kappa shape index (κ2) is 11.1. The fraction of sp³-hybridized carbons (Fsp3) is 0.469. The van der Waals surface area contributed by atoms with Crippen LogP contribution >= 0.6 is 11.6 Å². The van der Waals surface area contributed by atoms with Gasteiger partial charge in [-0.05, 0) is 120 Å². The van der Waals surface area contributed by atoms with Crippen LogP contribution in [-0.4, -0.2) is 51.1 Å². The molecule has 1 amide bonds.